The van der Waals surface area contributed by atoms with Crippen LogP contribution in [0.15, 0.2) is 78.3 Å². The Morgan fingerprint density at radius 1 is 1.03 bits per heavy atom. The van der Waals surface area contributed by atoms with Gasteiger partial charge in [0.05, 0.1) is 18.0 Å². The lowest BCUT2D eigenvalue weighted by atomic mass is 10.0. The molecule has 5 rings (SSSR count). The van der Waals surface area contributed by atoms with Crippen LogP contribution >= 0.6 is 11.6 Å². The van der Waals surface area contributed by atoms with E-state index in [-0.39, 0.29) is 17.2 Å². The van der Waals surface area contributed by atoms with Crippen molar-refractivity contribution in [2.75, 3.05) is 12.1 Å². The summed E-state index contributed by atoms with van der Waals surface area (Å²) < 4.78 is 20.3. The van der Waals surface area contributed by atoms with Crippen LogP contribution in [-0.2, 0) is 6.54 Å². The average molecular weight is 468 g/mol. The van der Waals surface area contributed by atoms with Crippen LogP contribution in [0.4, 0.5) is 10.1 Å². The first-order chi connectivity index (χ1) is 15.5. The van der Waals surface area contributed by atoms with E-state index in [2.05, 4.69) is 0 Å². The summed E-state index contributed by atoms with van der Waals surface area (Å²) in [5, 5.41) is 14.9. The highest BCUT2D eigenvalue weighted by molar-refractivity contribution is 6.30. The third-order valence-corrected chi connectivity index (χ3v) is 6.16. The minimum atomic E-state index is -0.319. The summed E-state index contributed by atoms with van der Waals surface area (Å²) in [6.45, 7) is 2.46. The molecule has 33 heavy (non-hydrogen) atoms. The molecule has 0 atom stereocenters. The van der Waals surface area contributed by atoms with Gasteiger partial charge >= 0.3 is 0 Å². The maximum Gasteiger partial charge on any atom is 0.270 e. The molecule has 0 bridgehead atoms. The molecule has 0 aromatic heterocycles. The van der Waals surface area contributed by atoms with Crippen molar-refractivity contribution >= 4 is 28.7 Å². The van der Waals surface area contributed by atoms with E-state index >= 15 is 4.39 Å². The normalized spacial score (nSPS) is 14.8. The van der Waals surface area contributed by atoms with E-state index in [9.17, 15) is 5.11 Å². The summed E-state index contributed by atoms with van der Waals surface area (Å²) in [6, 6.07) is 20.0. The Labute approximate surface area is 195 Å². The van der Waals surface area contributed by atoms with Gasteiger partial charge in [-0.15, -0.1) is 0 Å². The van der Waals surface area contributed by atoms with Gasteiger partial charge in [0.1, 0.15) is 11.6 Å². The van der Waals surface area contributed by atoms with Crippen LogP contribution in [0, 0.1) is 5.82 Å². The molecule has 0 amide bonds. The monoisotopic (exact) mass is 467 g/mol. The van der Waals surface area contributed by atoms with Crippen LogP contribution in [0.3, 0.4) is 0 Å². The summed E-state index contributed by atoms with van der Waals surface area (Å²) in [5.74, 6) is 0.502. The Hall–Kier alpha value is -3.52. The highest BCUT2D eigenvalue weighted by Crippen LogP contribution is 2.31. The van der Waals surface area contributed by atoms with Gasteiger partial charge in [0.15, 0.2) is 11.4 Å². The Kier molecular flexibility index (Phi) is 6.03. The molecule has 0 fully saturated rings. The number of nitrogens with zero attached hydrogens (tertiary/aromatic N) is 2. The quantitative estimate of drug-likeness (QED) is 0.577. The lowest BCUT2D eigenvalue weighted by Crippen LogP contribution is -2.90. The number of quaternary nitrogens is 1. The van der Waals surface area contributed by atoms with Gasteiger partial charge in [-0.1, -0.05) is 35.9 Å². The smallest absolute Gasteiger partial charge is 0.270 e. The number of halogens is 2. The number of benzene rings is 3. The third-order valence-electron chi connectivity index (χ3n) is 5.91. The molecule has 4 N–H and O–H groups in total. The molecule has 0 aliphatic carbocycles. The van der Waals surface area contributed by atoms with Gasteiger partial charge in [0.2, 0.25) is 0 Å². The topological polar surface area (TPSA) is 82.6 Å². The first kappa shape index (κ1) is 22.7. The van der Waals surface area contributed by atoms with E-state index in [1.54, 1.807) is 35.7 Å². The molecule has 8 heteroatoms. The van der Waals surface area contributed by atoms with Crippen molar-refractivity contribution < 1.29 is 25.1 Å². The van der Waals surface area contributed by atoms with Gasteiger partial charge in [-0.25, -0.2) is 9.82 Å². The van der Waals surface area contributed by atoms with Gasteiger partial charge in [-0.2, -0.15) is 5.01 Å². The Balaban J connectivity index is 0.00000259. The van der Waals surface area contributed by atoms with E-state index in [1.807, 2.05) is 54.3 Å². The SMILES string of the molecule is COc1ccc(CN2C3=C(O)N(c4ccc(Cl)cc4)[NH2+]C3=c3c(F)cccc3=C2C)cc1.[OH-]. The maximum absolute atomic E-state index is 15.0. The summed E-state index contributed by atoms with van der Waals surface area (Å²) >= 11 is 6.04. The second-order valence-electron chi connectivity index (χ2n) is 7.74. The van der Waals surface area contributed by atoms with Crippen molar-refractivity contribution in [3.8, 4) is 5.75 Å². The maximum atomic E-state index is 15.0. The predicted octanol–water partition coefficient (Wildman–Crippen LogP) is 2.79. The minimum absolute atomic E-state index is 0. The third kappa shape index (κ3) is 3.80. The molecule has 0 saturated carbocycles. The molecule has 0 radical (unpaired) electrons. The summed E-state index contributed by atoms with van der Waals surface area (Å²) in [4.78, 5) is 2.03. The molecule has 0 unspecified atom stereocenters. The standard InChI is InChI=1S/C25H21ClFN3O2.H2O/c1-15-20-4-3-5-21(27)22(20)23-24(29(15)14-16-6-12-19(32-2)13-7-16)25(31)30(28-23)18-10-8-17(26)9-11-18;/h3-13,28,31H,14H2,1-2H3;1H2. The van der Waals surface area contributed by atoms with Crippen LogP contribution in [-0.4, -0.2) is 22.6 Å². The second-order valence-corrected chi connectivity index (χ2v) is 8.18. The zero-order chi connectivity index (χ0) is 22.4. The van der Waals surface area contributed by atoms with Gasteiger partial charge in [0, 0.05) is 22.5 Å². The van der Waals surface area contributed by atoms with Crippen molar-refractivity contribution in [1.29, 1.82) is 0 Å². The number of rotatable bonds is 4. The number of fused-ring (bicyclic) bond motifs is 2. The first-order valence-corrected chi connectivity index (χ1v) is 10.6. The minimum Gasteiger partial charge on any atom is -0.870 e. The van der Waals surface area contributed by atoms with Gasteiger partial charge in [-0.3, -0.25) is 0 Å². The molecule has 2 heterocycles. The van der Waals surface area contributed by atoms with Crippen LogP contribution in [0.1, 0.15) is 12.5 Å². The fraction of sp³-hybridized carbons (Fsp3) is 0.120. The van der Waals surface area contributed by atoms with Crippen molar-refractivity contribution in [3.63, 3.8) is 0 Å². The summed E-state index contributed by atoms with van der Waals surface area (Å²) in [6.07, 6.45) is 0. The molecule has 2 aliphatic heterocycles. The molecule has 3 aromatic carbocycles. The van der Waals surface area contributed by atoms with Crippen molar-refractivity contribution in [2.45, 2.75) is 13.5 Å². The number of methoxy groups -OCH3 is 1. The van der Waals surface area contributed by atoms with Gasteiger partial charge in [-0.05, 0) is 55.0 Å². The summed E-state index contributed by atoms with van der Waals surface area (Å²) in [5.41, 5.74) is 5.64. The van der Waals surface area contributed by atoms with Crippen LogP contribution < -0.4 is 25.6 Å². The second kappa shape index (κ2) is 8.78. The number of hydrogen-bond donors (Lipinski definition) is 2. The zero-order valence-corrected chi connectivity index (χ0v) is 18.8. The van der Waals surface area contributed by atoms with Crippen LogP contribution in [0.2, 0.25) is 5.02 Å². The number of nitrogens with two attached hydrogens (primary N) is 1. The van der Waals surface area contributed by atoms with Crippen LogP contribution in [0.25, 0.3) is 11.4 Å². The Morgan fingerprint density at radius 3 is 2.39 bits per heavy atom. The van der Waals surface area contributed by atoms with E-state index in [0.717, 1.165) is 27.9 Å². The number of ether oxygens (including phenoxy) is 1. The van der Waals surface area contributed by atoms with E-state index < -0.39 is 0 Å². The van der Waals surface area contributed by atoms with E-state index in [0.29, 0.717) is 28.2 Å². The zero-order valence-electron chi connectivity index (χ0n) is 18.1. The molecular formula is C25H23ClFN3O3. The Morgan fingerprint density at radius 2 is 1.73 bits per heavy atom. The molecule has 3 aromatic rings. The van der Waals surface area contributed by atoms with Gasteiger partial charge < -0.3 is 20.2 Å². The predicted molar refractivity (Wildman–Crippen MR) is 124 cm³/mol. The highest BCUT2D eigenvalue weighted by atomic mass is 35.5. The molecule has 0 spiro atoms. The number of aliphatic hydroxyl groups is 1. The Bertz CT molecular complexity index is 1360. The number of anilines is 1. The average Bonchev–Trinajstić information content (AvgIpc) is 3.14. The first-order valence-electron chi connectivity index (χ1n) is 10.2. The number of hydrogen-bond acceptors (Lipinski definition) is 5. The molecule has 6 nitrogen and oxygen atoms in total. The largest absolute Gasteiger partial charge is 0.870 e. The van der Waals surface area contributed by atoms with E-state index in [1.165, 1.54) is 6.07 Å². The van der Waals surface area contributed by atoms with Crippen molar-refractivity contribution in [1.82, 2.24) is 4.90 Å². The van der Waals surface area contributed by atoms with E-state index in [4.69, 9.17) is 16.3 Å². The fourth-order valence-corrected chi connectivity index (χ4v) is 4.38. The molecule has 2 aliphatic rings. The van der Waals surface area contributed by atoms with Crippen LogP contribution in [0.5, 0.6) is 5.75 Å². The number of aliphatic hydroxyl groups excluding tert-OH is 1. The molecule has 170 valence electrons. The van der Waals surface area contributed by atoms with Crippen molar-refractivity contribution in [2.24, 2.45) is 0 Å². The molecule has 0 saturated heterocycles. The lowest BCUT2D eigenvalue weighted by molar-refractivity contribution is -0.568. The molecular weight excluding hydrogens is 445 g/mol. The summed E-state index contributed by atoms with van der Waals surface area (Å²) in [7, 11) is 1.63. The van der Waals surface area contributed by atoms with Crippen molar-refractivity contribution in [3.05, 3.63) is 105 Å². The highest BCUT2D eigenvalue weighted by Gasteiger charge is 2.40. The lowest BCUT2D eigenvalue weighted by Gasteiger charge is -2.28. The fourth-order valence-electron chi connectivity index (χ4n) is 4.26. The van der Waals surface area contributed by atoms with Gasteiger partial charge in [0.25, 0.3) is 5.88 Å².